The van der Waals surface area contributed by atoms with Crippen molar-refractivity contribution in [2.24, 2.45) is 0 Å². The van der Waals surface area contributed by atoms with E-state index in [4.69, 9.17) is 4.74 Å². The quantitative estimate of drug-likeness (QED) is 0.750. The average Bonchev–Trinajstić information content (AvgIpc) is 2.65. The summed E-state index contributed by atoms with van der Waals surface area (Å²) < 4.78 is 5.38. The number of methoxy groups -OCH3 is 1. The van der Waals surface area contributed by atoms with E-state index >= 15 is 0 Å². The molecule has 78 valence electrons. The van der Waals surface area contributed by atoms with Crippen LogP contribution in [0.3, 0.4) is 0 Å². The van der Waals surface area contributed by atoms with Gasteiger partial charge in [-0.3, -0.25) is 0 Å². The Balaban J connectivity index is 2.04. The number of nitrogens with zero attached hydrogens (tertiary/aromatic N) is 2. The van der Waals surface area contributed by atoms with Gasteiger partial charge in [0.1, 0.15) is 0 Å². The Bertz CT molecular complexity index is 300. The van der Waals surface area contributed by atoms with E-state index in [0.717, 1.165) is 23.9 Å². The van der Waals surface area contributed by atoms with Crippen LogP contribution in [-0.4, -0.2) is 31.3 Å². The standard InChI is InChI=1S/C10H16N2OS/c1-8-7-14-10(11-8)12-5-3-4-9(6-12)13-2/h7,9H,3-6H2,1-2H3/t9-/m0/s1. The molecule has 2 heterocycles. The van der Waals surface area contributed by atoms with Crippen LogP contribution in [0.5, 0.6) is 0 Å². The molecule has 2 rings (SSSR count). The van der Waals surface area contributed by atoms with Gasteiger partial charge in [0.05, 0.1) is 11.8 Å². The number of rotatable bonds is 2. The van der Waals surface area contributed by atoms with E-state index < -0.39 is 0 Å². The number of aromatic nitrogens is 1. The Morgan fingerprint density at radius 3 is 3.14 bits per heavy atom. The molecule has 0 aliphatic carbocycles. The summed E-state index contributed by atoms with van der Waals surface area (Å²) in [5.74, 6) is 0. The predicted molar refractivity (Wildman–Crippen MR) is 59.1 cm³/mol. The molecule has 0 aromatic carbocycles. The largest absolute Gasteiger partial charge is 0.380 e. The maximum atomic E-state index is 5.38. The minimum absolute atomic E-state index is 0.382. The molecule has 1 aromatic rings. The van der Waals surface area contributed by atoms with E-state index in [9.17, 15) is 0 Å². The van der Waals surface area contributed by atoms with Crippen molar-refractivity contribution < 1.29 is 4.74 Å². The van der Waals surface area contributed by atoms with Gasteiger partial charge in [-0.1, -0.05) is 0 Å². The third-order valence-electron chi connectivity index (χ3n) is 2.59. The van der Waals surface area contributed by atoms with Crippen LogP contribution in [0.4, 0.5) is 5.13 Å². The molecule has 1 aliphatic heterocycles. The number of piperidine rings is 1. The summed E-state index contributed by atoms with van der Waals surface area (Å²) in [7, 11) is 1.79. The molecule has 14 heavy (non-hydrogen) atoms. The van der Waals surface area contributed by atoms with Crippen LogP contribution in [0.1, 0.15) is 18.5 Å². The molecule has 0 radical (unpaired) electrons. The summed E-state index contributed by atoms with van der Waals surface area (Å²) >= 11 is 1.73. The van der Waals surface area contributed by atoms with Crippen LogP contribution >= 0.6 is 11.3 Å². The number of hydrogen-bond acceptors (Lipinski definition) is 4. The average molecular weight is 212 g/mol. The van der Waals surface area contributed by atoms with Crippen LogP contribution in [0.25, 0.3) is 0 Å². The summed E-state index contributed by atoms with van der Waals surface area (Å²) in [6.07, 6.45) is 2.77. The molecular weight excluding hydrogens is 196 g/mol. The molecule has 1 fully saturated rings. The van der Waals surface area contributed by atoms with Gasteiger partial charge in [-0.25, -0.2) is 4.98 Å². The Morgan fingerprint density at radius 1 is 1.64 bits per heavy atom. The first-order valence-corrected chi connectivity index (χ1v) is 5.87. The predicted octanol–water partition coefficient (Wildman–Crippen LogP) is 2.07. The van der Waals surface area contributed by atoms with Crippen LogP contribution in [-0.2, 0) is 4.74 Å². The van der Waals surface area contributed by atoms with Gasteiger partial charge in [-0.05, 0) is 19.8 Å². The molecule has 0 N–H and O–H groups in total. The van der Waals surface area contributed by atoms with E-state index in [-0.39, 0.29) is 0 Å². The van der Waals surface area contributed by atoms with E-state index in [1.54, 1.807) is 18.4 Å². The van der Waals surface area contributed by atoms with Crippen LogP contribution < -0.4 is 4.90 Å². The third-order valence-corrected chi connectivity index (χ3v) is 3.61. The number of hydrogen-bond donors (Lipinski definition) is 0. The lowest BCUT2D eigenvalue weighted by atomic mass is 10.1. The first-order chi connectivity index (χ1) is 6.79. The van der Waals surface area contributed by atoms with Crippen LogP contribution in [0.15, 0.2) is 5.38 Å². The van der Waals surface area contributed by atoms with Gasteiger partial charge in [0, 0.05) is 25.6 Å². The summed E-state index contributed by atoms with van der Waals surface area (Å²) in [6.45, 7) is 4.15. The van der Waals surface area contributed by atoms with E-state index in [1.165, 1.54) is 12.8 Å². The minimum Gasteiger partial charge on any atom is -0.380 e. The first kappa shape index (κ1) is 9.93. The summed E-state index contributed by atoms with van der Waals surface area (Å²) in [5.41, 5.74) is 1.12. The second-order valence-corrected chi connectivity index (χ2v) is 4.55. The molecule has 0 saturated carbocycles. The zero-order valence-electron chi connectivity index (χ0n) is 8.69. The second kappa shape index (κ2) is 4.28. The van der Waals surface area contributed by atoms with Gasteiger partial charge in [-0.2, -0.15) is 0 Å². The van der Waals surface area contributed by atoms with Gasteiger partial charge in [0.15, 0.2) is 5.13 Å². The van der Waals surface area contributed by atoms with Crippen LogP contribution in [0, 0.1) is 6.92 Å². The minimum atomic E-state index is 0.382. The number of anilines is 1. The molecule has 0 spiro atoms. The van der Waals surface area contributed by atoms with Crippen molar-refractivity contribution in [3.05, 3.63) is 11.1 Å². The molecule has 4 heteroatoms. The Morgan fingerprint density at radius 2 is 2.50 bits per heavy atom. The number of aryl methyl sites for hydroxylation is 1. The Hall–Kier alpha value is -0.610. The Kier molecular flexibility index (Phi) is 3.03. The van der Waals surface area contributed by atoms with E-state index in [2.05, 4.69) is 15.3 Å². The lowest BCUT2D eigenvalue weighted by Gasteiger charge is -2.31. The van der Waals surface area contributed by atoms with Crippen molar-refractivity contribution in [1.82, 2.24) is 4.98 Å². The second-order valence-electron chi connectivity index (χ2n) is 3.72. The molecule has 1 aliphatic rings. The van der Waals surface area contributed by atoms with Crippen LogP contribution in [0.2, 0.25) is 0 Å². The van der Waals surface area contributed by atoms with E-state index in [1.807, 2.05) is 6.92 Å². The highest BCUT2D eigenvalue weighted by molar-refractivity contribution is 7.13. The fourth-order valence-corrected chi connectivity index (χ4v) is 2.63. The fourth-order valence-electron chi connectivity index (χ4n) is 1.79. The molecule has 1 aromatic heterocycles. The van der Waals surface area contributed by atoms with Crippen molar-refractivity contribution in [1.29, 1.82) is 0 Å². The third kappa shape index (κ3) is 2.07. The zero-order valence-corrected chi connectivity index (χ0v) is 9.51. The number of ether oxygens (including phenoxy) is 1. The maximum absolute atomic E-state index is 5.38. The van der Waals surface area contributed by atoms with Crippen molar-refractivity contribution >= 4 is 16.5 Å². The van der Waals surface area contributed by atoms with Gasteiger partial charge in [0.25, 0.3) is 0 Å². The molecule has 0 unspecified atom stereocenters. The zero-order chi connectivity index (χ0) is 9.97. The summed E-state index contributed by atoms with van der Waals surface area (Å²) in [5, 5.41) is 3.25. The fraction of sp³-hybridized carbons (Fsp3) is 0.700. The van der Waals surface area contributed by atoms with Gasteiger partial charge in [0.2, 0.25) is 0 Å². The lowest BCUT2D eigenvalue weighted by molar-refractivity contribution is 0.0893. The smallest absolute Gasteiger partial charge is 0.185 e. The topological polar surface area (TPSA) is 25.4 Å². The SMILES string of the molecule is CO[C@H]1CCCN(c2nc(C)cs2)C1. The Labute approximate surface area is 88.7 Å². The lowest BCUT2D eigenvalue weighted by Crippen LogP contribution is -2.39. The molecule has 0 bridgehead atoms. The summed E-state index contributed by atoms with van der Waals surface area (Å²) in [4.78, 5) is 6.82. The van der Waals surface area contributed by atoms with E-state index in [0.29, 0.717) is 6.10 Å². The normalized spacial score (nSPS) is 22.7. The molecular formula is C10H16N2OS. The first-order valence-electron chi connectivity index (χ1n) is 4.99. The molecule has 3 nitrogen and oxygen atoms in total. The van der Waals surface area contributed by atoms with Crippen molar-refractivity contribution in [2.75, 3.05) is 25.1 Å². The van der Waals surface area contributed by atoms with Gasteiger partial charge < -0.3 is 9.64 Å². The molecule has 1 saturated heterocycles. The van der Waals surface area contributed by atoms with Crippen molar-refractivity contribution in [3.8, 4) is 0 Å². The monoisotopic (exact) mass is 212 g/mol. The highest BCUT2D eigenvalue weighted by Gasteiger charge is 2.21. The highest BCUT2D eigenvalue weighted by atomic mass is 32.1. The molecule has 0 amide bonds. The molecule has 1 atom stereocenters. The van der Waals surface area contributed by atoms with Crippen molar-refractivity contribution in [3.63, 3.8) is 0 Å². The summed E-state index contributed by atoms with van der Waals surface area (Å²) in [6, 6.07) is 0. The van der Waals surface area contributed by atoms with Gasteiger partial charge in [-0.15, -0.1) is 11.3 Å². The number of thiazole rings is 1. The van der Waals surface area contributed by atoms with Crippen molar-refractivity contribution in [2.45, 2.75) is 25.9 Å². The maximum Gasteiger partial charge on any atom is 0.185 e. The van der Waals surface area contributed by atoms with Gasteiger partial charge >= 0.3 is 0 Å². The highest BCUT2D eigenvalue weighted by Crippen LogP contribution is 2.24.